The maximum atomic E-state index is 13.7. The summed E-state index contributed by atoms with van der Waals surface area (Å²) < 4.78 is 25.0. The molecule has 0 aliphatic carbocycles. The van der Waals surface area contributed by atoms with Crippen molar-refractivity contribution in [2.24, 2.45) is 0 Å². The van der Waals surface area contributed by atoms with E-state index in [0.717, 1.165) is 0 Å². The van der Waals surface area contributed by atoms with Gasteiger partial charge in [0.15, 0.2) is 11.5 Å². The average molecular weight is 336 g/mol. The minimum Gasteiger partial charge on any atom is -0.486 e. The molecule has 1 aliphatic heterocycles. The van der Waals surface area contributed by atoms with Gasteiger partial charge >= 0.3 is 0 Å². The third-order valence-electron chi connectivity index (χ3n) is 3.49. The van der Waals surface area contributed by atoms with Crippen molar-refractivity contribution >= 4 is 17.5 Å². The van der Waals surface area contributed by atoms with Crippen LogP contribution in [0.4, 0.5) is 4.39 Å². The summed E-state index contributed by atoms with van der Waals surface area (Å²) in [5.74, 6) is 0.529. The molecule has 1 unspecified atom stereocenters. The summed E-state index contributed by atoms with van der Waals surface area (Å²) in [7, 11) is 0. The second kappa shape index (κ2) is 6.87. The van der Waals surface area contributed by atoms with Crippen molar-refractivity contribution in [2.75, 3.05) is 13.2 Å². The highest BCUT2D eigenvalue weighted by Crippen LogP contribution is 2.30. The highest BCUT2D eigenvalue weighted by molar-refractivity contribution is 6.31. The summed E-state index contributed by atoms with van der Waals surface area (Å²) in [5.41, 5.74) is 0.192. The quantitative estimate of drug-likeness (QED) is 0.934. The number of nitrogens with one attached hydrogen (secondary N) is 1. The molecular formula is C17H15ClFNO3. The van der Waals surface area contributed by atoms with Gasteiger partial charge in [0, 0.05) is 10.6 Å². The van der Waals surface area contributed by atoms with E-state index in [0.29, 0.717) is 18.1 Å². The fraction of sp³-hybridized carbons (Fsp3) is 0.235. The summed E-state index contributed by atoms with van der Waals surface area (Å²) in [6.45, 7) is 0.622. The van der Waals surface area contributed by atoms with Gasteiger partial charge in [0.1, 0.15) is 18.5 Å². The van der Waals surface area contributed by atoms with Crippen molar-refractivity contribution in [2.45, 2.75) is 12.5 Å². The fourth-order valence-electron chi connectivity index (χ4n) is 2.32. The van der Waals surface area contributed by atoms with E-state index in [9.17, 15) is 9.18 Å². The predicted molar refractivity (Wildman–Crippen MR) is 84.5 cm³/mol. The van der Waals surface area contributed by atoms with Gasteiger partial charge in [-0.2, -0.15) is 0 Å². The third-order valence-corrected chi connectivity index (χ3v) is 3.85. The molecule has 0 bridgehead atoms. The Morgan fingerprint density at radius 1 is 1.22 bits per heavy atom. The summed E-state index contributed by atoms with van der Waals surface area (Å²) in [6.07, 6.45) is -0.402. The molecule has 23 heavy (non-hydrogen) atoms. The summed E-state index contributed by atoms with van der Waals surface area (Å²) in [4.78, 5) is 12.0. The van der Waals surface area contributed by atoms with Crippen LogP contribution in [-0.2, 0) is 11.2 Å². The molecule has 2 aromatic rings. The van der Waals surface area contributed by atoms with Crippen LogP contribution in [0.15, 0.2) is 42.5 Å². The fourth-order valence-corrected chi connectivity index (χ4v) is 2.55. The lowest BCUT2D eigenvalue weighted by Gasteiger charge is -2.26. The first kappa shape index (κ1) is 15.6. The topological polar surface area (TPSA) is 47.6 Å². The van der Waals surface area contributed by atoms with E-state index < -0.39 is 5.82 Å². The lowest BCUT2D eigenvalue weighted by Crippen LogP contribution is -2.41. The lowest BCUT2D eigenvalue weighted by molar-refractivity contribution is -0.121. The van der Waals surface area contributed by atoms with E-state index in [1.165, 1.54) is 12.1 Å². The number of rotatable bonds is 4. The third kappa shape index (κ3) is 3.74. The van der Waals surface area contributed by atoms with Crippen LogP contribution in [0, 0.1) is 5.82 Å². The number of halogens is 2. The molecule has 0 spiro atoms. The molecule has 4 nitrogen and oxygen atoms in total. The first-order chi connectivity index (χ1) is 11.1. The Hall–Kier alpha value is -2.27. The van der Waals surface area contributed by atoms with E-state index in [4.69, 9.17) is 21.1 Å². The maximum Gasteiger partial charge on any atom is 0.224 e. The van der Waals surface area contributed by atoms with Crippen molar-refractivity contribution in [3.8, 4) is 11.5 Å². The van der Waals surface area contributed by atoms with Crippen LogP contribution in [0.1, 0.15) is 5.56 Å². The Kier molecular flexibility index (Phi) is 4.67. The maximum absolute atomic E-state index is 13.7. The van der Waals surface area contributed by atoms with Crippen LogP contribution in [0.2, 0.25) is 5.02 Å². The van der Waals surface area contributed by atoms with Gasteiger partial charge in [-0.3, -0.25) is 4.79 Å². The molecule has 1 N–H and O–H groups in total. The molecule has 1 atom stereocenters. The minimum atomic E-state index is -0.487. The number of ether oxygens (including phenoxy) is 2. The summed E-state index contributed by atoms with van der Waals surface area (Å²) in [5, 5.41) is 2.96. The Morgan fingerprint density at radius 3 is 2.78 bits per heavy atom. The molecule has 1 heterocycles. The van der Waals surface area contributed by atoms with Crippen molar-refractivity contribution in [3.05, 3.63) is 58.9 Å². The Labute approximate surface area is 138 Å². The van der Waals surface area contributed by atoms with Gasteiger partial charge in [-0.05, 0) is 24.3 Å². The standard InChI is InChI=1S/C17H15ClFNO3/c18-13-4-3-5-14(19)12(13)8-17(21)20-9-11-10-22-15-6-1-2-7-16(15)23-11/h1-7,11H,8-10H2,(H,20,21). The average Bonchev–Trinajstić information content (AvgIpc) is 2.56. The monoisotopic (exact) mass is 335 g/mol. The van der Waals surface area contributed by atoms with Gasteiger partial charge in [-0.1, -0.05) is 29.8 Å². The first-order valence-electron chi connectivity index (χ1n) is 7.21. The Morgan fingerprint density at radius 2 is 2.00 bits per heavy atom. The van der Waals surface area contributed by atoms with Crippen LogP contribution in [0.5, 0.6) is 11.5 Å². The van der Waals surface area contributed by atoms with Crippen LogP contribution in [-0.4, -0.2) is 25.2 Å². The van der Waals surface area contributed by atoms with Gasteiger partial charge in [-0.15, -0.1) is 0 Å². The van der Waals surface area contributed by atoms with Crippen molar-refractivity contribution < 1.29 is 18.7 Å². The molecule has 0 saturated carbocycles. The zero-order valence-corrected chi connectivity index (χ0v) is 13.0. The molecule has 1 amide bonds. The number of carbonyl (C=O) groups is 1. The SMILES string of the molecule is O=C(Cc1c(F)cccc1Cl)NCC1COc2ccccc2O1. The number of benzene rings is 2. The molecule has 2 aromatic carbocycles. The van der Waals surface area contributed by atoms with E-state index in [-0.39, 0.29) is 35.6 Å². The van der Waals surface area contributed by atoms with Gasteiger partial charge in [-0.25, -0.2) is 4.39 Å². The number of amides is 1. The van der Waals surface area contributed by atoms with Crippen molar-refractivity contribution in [3.63, 3.8) is 0 Å². The van der Waals surface area contributed by atoms with Crippen LogP contribution >= 0.6 is 11.6 Å². The first-order valence-corrected chi connectivity index (χ1v) is 7.59. The number of para-hydroxylation sites is 2. The number of hydrogen-bond donors (Lipinski definition) is 1. The van der Waals surface area contributed by atoms with Gasteiger partial charge in [0.2, 0.25) is 5.91 Å². The van der Waals surface area contributed by atoms with Gasteiger partial charge in [0.25, 0.3) is 0 Å². The highest BCUT2D eigenvalue weighted by atomic mass is 35.5. The summed E-state index contributed by atoms with van der Waals surface area (Å²) in [6, 6.07) is 11.7. The van der Waals surface area contributed by atoms with E-state index in [1.807, 2.05) is 24.3 Å². The second-order valence-corrected chi connectivity index (χ2v) is 5.59. The molecule has 120 valence electrons. The van der Waals surface area contributed by atoms with E-state index >= 15 is 0 Å². The van der Waals surface area contributed by atoms with Crippen LogP contribution in [0.3, 0.4) is 0 Å². The number of fused-ring (bicyclic) bond motifs is 1. The molecule has 0 fully saturated rings. The van der Waals surface area contributed by atoms with E-state index in [1.54, 1.807) is 6.07 Å². The largest absolute Gasteiger partial charge is 0.486 e. The normalized spacial score (nSPS) is 16.0. The van der Waals surface area contributed by atoms with Crippen LogP contribution < -0.4 is 14.8 Å². The van der Waals surface area contributed by atoms with Gasteiger partial charge in [0.05, 0.1) is 13.0 Å². The van der Waals surface area contributed by atoms with E-state index in [2.05, 4.69) is 5.32 Å². The molecule has 0 saturated heterocycles. The molecular weight excluding hydrogens is 321 g/mol. The second-order valence-electron chi connectivity index (χ2n) is 5.18. The smallest absolute Gasteiger partial charge is 0.224 e. The van der Waals surface area contributed by atoms with Gasteiger partial charge < -0.3 is 14.8 Å². The summed E-state index contributed by atoms with van der Waals surface area (Å²) >= 11 is 5.91. The molecule has 6 heteroatoms. The zero-order valence-electron chi connectivity index (χ0n) is 12.2. The Balaban J connectivity index is 1.54. The van der Waals surface area contributed by atoms with Crippen molar-refractivity contribution in [1.29, 1.82) is 0 Å². The minimum absolute atomic E-state index is 0.115. The van der Waals surface area contributed by atoms with Crippen molar-refractivity contribution in [1.82, 2.24) is 5.32 Å². The zero-order chi connectivity index (χ0) is 16.2. The molecule has 3 rings (SSSR count). The van der Waals surface area contributed by atoms with Crippen LogP contribution in [0.25, 0.3) is 0 Å². The molecule has 0 aromatic heterocycles. The number of hydrogen-bond acceptors (Lipinski definition) is 3. The highest BCUT2D eigenvalue weighted by Gasteiger charge is 2.21. The number of carbonyl (C=O) groups excluding carboxylic acids is 1. The molecule has 1 aliphatic rings. The molecule has 0 radical (unpaired) electrons. The predicted octanol–water partition coefficient (Wildman–Crippen LogP) is 2.98. The Bertz CT molecular complexity index is 702. The lowest BCUT2D eigenvalue weighted by atomic mass is 10.1.